The topological polar surface area (TPSA) is 66.5 Å². The van der Waals surface area contributed by atoms with Crippen molar-refractivity contribution in [3.8, 4) is 0 Å². The van der Waals surface area contributed by atoms with Crippen LogP contribution < -0.4 is 5.32 Å². The first-order valence-electron chi connectivity index (χ1n) is 6.32. The zero-order chi connectivity index (χ0) is 13.6. The molecule has 1 atom stereocenters. The summed E-state index contributed by atoms with van der Waals surface area (Å²) in [5.74, 6) is -1.71. The maximum absolute atomic E-state index is 12.3. The van der Waals surface area contributed by atoms with Crippen LogP contribution in [0.25, 0.3) is 0 Å². The van der Waals surface area contributed by atoms with Gasteiger partial charge in [-0.1, -0.05) is 12.1 Å². The molecule has 2 heterocycles. The number of fused-ring (bicyclic) bond motifs is 1. The highest BCUT2D eigenvalue weighted by Gasteiger charge is 2.43. The van der Waals surface area contributed by atoms with Gasteiger partial charge in [0.25, 0.3) is 11.8 Å². The number of piperidine rings is 1. The van der Waals surface area contributed by atoms with Crippen LogP contribution in [0.2, 0.25) is 0 Å². The van der Waals surface area contributed by atoms with E-state index in [1.807, 2.05) is 0 Å². The summed E-state index contributed by atoms with van der Waals surface area (Å²) < 4.78 is 8.23. The fourth-order valence-electron chi connectivity index (χ4n) is 2.32. The van der Waals surface area contributed by atoms with Gasteiger partial charge in [0, 0.05) is 6.54 Å². The Morgan fingerprint density at radius 3 is 2.33 bits per heavy atom. The van der Waals surface area contributed by atoms with E-state index in [-0.39, 0.29) is 17.5 Å². The van der Waals surface area contributed by atoms with Crippen molar-refractivity contribution in [3.05, 3.63) is 35.4 Å². The third-order valence-corrected chi connectivity index (χ3v) is 3.20. The molecule has 3 rings (SSSR count). The number of nitrogens with zero attached hydrogens (tertiary/aromatic N) is 1. The van der Waals surface area contributed by atoms with E-state index in [9.17, 15) is 14.4 Å². The lowest BCUT2D eigenvalue weighted by molar-refractivity contribution is -0.126. The van der Waals surface area contributed by atoms with Crippen molar-refractivity contribution in [1.82, 2.24) is 10.2 Å². The lowest BCUT2D eigenvalue weighted by atomic mass is 10.1. The van der Waals surface area contributed by atoms with Crippen LogP contribution in [0.15, 0.2) is 24.3 Å². The fraction of sp³-hybridized carbons (Fsp3) is 0.308. The first kappa shape index (κ1) is 9.82. The molecule has 1 aromatic rings. The highest BCUT2D eigenvalue weighted by atomic mass is 16.2. The van der Waals surface area contributed by atoms with Crippen molar-refractivity contribution in [1.29, 1.82) is 0 Å². The van der Waals surface area contributed by atoms with Crippen LogP contribution in [0.4, 0.5) is 0 Å². The van der Waals surface area contributed by atoms with E-state index in [0.717, 1.165) is 4.90 Å². The Morgan fingerprint density at radius 2 is 1.78 bits per heavy atom. The molecule has 2 aliphatic heterocycles. The van der Waals surface area contributed by atoms with Crippen LogP contribution in [-0.4, -0.2) is 35.2 Å². The molecule has 0 spiro atoms. The van der Waals surface area contributed by atoms with Gasteiger partial charge in [0.05, 0.1) is 12.5 Å². The average molecular weight is 245 g/mol. The maximum Gasteiger partial charge on any atom is 0.262 e. The monoisotopic (exact) mass is 245 g/mol. The van der Waals surface area contributed by atoms with Gasteiger partial charge < -0.3 is 5.32 Å². The number of nitrogens with one attached hydrogen (secondary N) is 1. The molecule has 1 saturated heterocycles. The molecule has 2 aliphatic rings. The summed E-state index contributed by atoms with van der Waals surface area (Å²) in [6.45, 7) is 0.475. The Hall–Kier alpha value is -2.17. The van der Waals surface area contributed by atoms with E-state index in [2.05, 4.69) is 5.32 Å². The van der Waals surface area contributed by atoms with Crippen LogP contribution >= 0.6 is 0 Å². The Bertz CT molecular complexity index is 566. The molecule has 1 fully saturated rings. The second kappa shape index (κ2) is 3.94. The van der Waals surface area contributed by atoms with Crippen molar-refractivity contribution in [3.63, 3.8) is 0 Å². The molecule has 0 aromatic heterocycles. The first-order valence-corrected chi connectivity index (χ1v) is 5.82. The highest BCUT2D eigenvalue weighted by molar-refractivity contribution is 6.22. The minimum absolute atomic E-state index is 0.171. The molecule has 92 valence electrons. The third kappa shape index (κ3) is 1.44. The van der Waals surface area contributed by atoms with Gasteiger partial charge >= 0.3 is 0 Å². The number of benzene rings is 1. The summed E-state index contributed by atoms with van der Waals surface area (Å²) in [7, 11) is 0. The molecule has 0 bridgehead atoms. The van der Waals surface area contributed by atoms with Gasteiger partial charge in [-0.2, -0.15) is 0 Å². The summed E-state index contributed by atoms with van der Waals surface area (Å²) in [6.07, 6.45) is 0.743. The number of imide groups is 1. The Morgan fingerprint density at radius 1 is 1.17 bits per heavy atom. The van der Waals surface area contributed by atoms with E-state index in [4.69, 9.17) is 1.37 Å². The Kier molecular flexibility index (Phi) is 2.15. The molecule has 5 heteroatoms. The molecular formula is C13H12N2O3. The number of rotatable bonds is 1. The summed E-state index contributed by atoms with van der Waals surface area (Å²) in [5.41, 5.74) is 0.523. The zero-order valence-electron chi connectivity index (χ0n) is 10.6. The largest absolute Gasteiger partial charge is 0.354 e. The van der Waals surface area contributed by atoms with Crippen LogP contribution in [0, 0.1) is 0 Å². The molecular weight excluding hydrogens is 232 g/mol. The molecule has 5 nitrogen and oxygen atoms in total. The second-order valence-corrected chi connectivity index (χ2v) is 4.30. The van der Waals surface area contributed by atoms with E-state index in [1.54, 1.807) is 24.3 Å². The van der Waals surface area contributed by atoms with E-state index in [1.165, 1.54) is 0 Å². The van der Waals surface area contributed by atoms with Gasteiger partial charge in [0.15, 0.2) is 0 Å². The van der Waals surface area contributed by atoms with Crippen LogP contribution in [0.1, 0.15) is 34.9 Å². The summed E-state index contributed by atoms with van der Waals surface area (Å²) in [6, 6.07) is 4.57. The smallest absolute Gasteiger partial charge is 0.262 e. The Balaban J connectivity index is 2.06. The van der Waals surface area contributed by atoms with Gasteiger partial charge in [-0.15, -0.1) is 0 Å². The van der Waals surface area contributed by atoms with Crippen molar-refractivity contribution < 1.29 is 15.8 Å². The molecule has 3 amide bonds. The van der Waals surface area contributed by atoms with Crippen LogP contribution in [0.3, 0.4) is 0 Å². The molecule has 0 aliphatic carbocycles. The second-order valence-electron chi connectivity index (χ2n) is 4.30. The normalized spacial score (nSPS) is 27.9. The van der Waals surface area contributed by atoms with E-state index in [0.29, 0.717) is 13.0 Å². The summed E-state index contributed by atoms with van der Waals surface area (Å²) in [5, 5.41) is 2.54. The molecule has 1 unspecified atom stereocenters. The minimum atomic E-state index is -1.83. The summed E-state index contributed by atoms with van der Waals surface area (Å²) >= 11 is 0. The molecule has 0 saturated carbocycles. The number of hydrogen-bond donors (Lipinski definition) is 1. The van der Waals surface area contributed by atoms with Crippen molar-refractivity contribution in [2.24, 2.45) is 0 Å². The Labute approximate surface area is 105 Å². The van der Waals surface area contributed by atoms with Gasteiger partial charge in [0.2, 0.25) is 5.91 Å². The number of hydrogen-bond acceptors (Lipinski definition) is 3. The fourth-order valence-corrected chi connectivity index (χ4v) is 2.32. The lowest BCUT2D eigenvalue weighted by Crippen LogP contribution is -2.52. The van der Waals surface area contributed by atoms with Crippen LogP contribution in [-0.2, 0) is 4.79 Å². The maximum atomic E-state index is 12.3. The lowest BCUT2D eigenvalue weighted by Gasteiger charge is -2.28. The third-order valence-electron chi connectivity index (χ3n) is 3.20. The minimum Gasteiger partial charge on any atom is -0.354 e. The van der Waals surface area contributed by atoms with Gasteiger partial charge in [-0.25, -0.2) is 0 Å². The molecule has 0 radical (unpaired) electrons. The van der Waals surface area contributed by atoms with Gasteiger partial charge in [0.1, 0.15) is 6.02 Å². The van der Waals surface area contributed by atoms with Crippen molar-refractivity contribution >= 4 is 17.7 Å². The number of amides is 3. The molecule has 1 aromatic carbocycles. The van der Waals surface area contributed by atoms with Crippen molar-refractivity contribution in [2.75, 3.05) is 6.54 Å². The summed E-state index contributed by atoms with van der Waals surface area (Å²) in [4.78, 5) is 37.2. The molecule has 18 heavy (non-hydrogen) atoms. The zero-order valence-corrected chi connectivity index (χ0v) is 9.60. The quantitative estimate of drug-likeness (QED) is 0.735. The molecule has 1 N–H and O–H groups in total. The standard InChI is InChI=1S/C13H12N2O3/c16-11-10(6-3-7-14-11)15-12(17)8-4-1-2-5-9(8)13(15)18/h1-2,4-5,10H,3,6-7H2,(H,14,16)/i10D. The first-order chi connectivity index (χ1) is 9.05. The predicted octanol–water partition coefficient (Wildman–Crippen LogP) is 0.561. The highest BCUT2D eigenvalue weighted by Crippen LogP contribution is 2.26. The number of carbonyl (C=O) groups excluding carboxylic acids is 3. The van der Waals surface area contributed by atoms with E-state index >= 15 is 0 Å². The van der Waals surface area contributed by atoms with Gasteiger partial charge in [-0.05, 0) is 25.0 Å². The van der Waals surface area contributed by atoms with Crippen molar-refractivity contribution in [2.45, 2.75) is 18.9 Å². The SMILES string of the molecule is [2H]C1(N2C(=O)c3ccccc3C2=O)CCCNC1=O. The van der Waals surface area contributed by atoms with E-state index < -0.39 is 23.7 Å². The van der Waals surface area contributed by atoms with Crippen LogP contribution in [0.5, 0.6) is 0 Å². The average Bonchev–Trinajstić information content (AvgIpc) is 2.67. The van der Waals surface area contributed by atoms with Gasteiger partial charge in [-0.3, -0.25) is 19.3 Å². The predicted molar refractivity (Wildman–Crippen MR) is 63.0 cm³/mol. The number of carbonyl (C=O) groups is 3.